The van der Waals surface area contributed by atoms with Gasteiger partial charge in [-0.25, -0.2) is 4.98 Å². The van der Waals surface area contributed by atoms with Crippen molar-refractivity contribution in [3.8, 4) is 5.69 Å². The lowest BCUT2D eigenvalue weighted by atomic mass is 10.2. The zero-order valence-corrected chi connectivity index (χ0v) is 13.8. The summed E-state index contributed by atoms with van der Waals surface area (Å²) >= 11 is 0. The fourth-order valence-corrected chi connectivity index (χ4v) is 2.86. The van der Waals surface area contributed by atoms with E-state index in [-0.39, 0.29) is 5.95 Å². The van der Waals surface area contributed by atoms with Crippen LogP contribution >= 0.6 is 0 Å². The minimum Gasteiger partial charge on any atom is -0.368 e. The zero-order valence-electron chi connectivity index (χ0n) is 13.8. The number of hydrogen-bond acceptors (Lipinski definition) is 5. The van der Waals surface area contributed by atoms with E-state index in [0.717, 1.165) is 34.4 Å². The van der Waals surface area contributed by atoms with Gasteiger partial charge < -0.3 is 15.6 Å². The Morgan fingerprint density at radius 3 is 2.68 bits per heavy atom. The largest absolute Gasteiger partial charge is 0.368 e. The van der Waals surface area contributed by atoms with Crippen LogP contribution in [0.1, 0.15) is 12.6 Å². The summed E-state index contributed by atoms with van der Waals surface area (Å²) in [5.74, 6) is 0.990. The lowest BCUT2D eigenvalue weighted by Crippen LogP contribution is -2.02. The number of nitrogens with zero attached hydrogens (tertiary/aromatic N) is 4. The smallest absolute Gasteiger partial charge is 0.222 e. The Hall–Kier alpha value is -3.41. The van der Waals surface area contributed by atoms with Crippen LogP contribution < -0.4 is 11.1 Å². The molecule has 3 N–H and O–H groups in total. The fraction of sp³-hybridized carbons (Fsp3) is 0.105. The van der Waals surface area contributed by atoms with Gasteiger partial charge in [-0.05, 0) is 42.8 Å². The van der Waals surface area contributed by atoms with Crippen molar-refractivity contribution in [2.24, 2.45) is 0 Å². The molecule has 0 aliphatic carbocycles. The summed E-state index contributed by atoms with van der Waals surface area (Å²) < 4.78 is 2.14. The Kier molecular flexibility index (Phi) is 3.78. The van der Waals surface area contributed by atoms with Crippen LogP contribution in [0, 0.1) is 0 Å². The van der Waals surface area contributed by atoms with Gasteiger partial charge in [-0.1, -0.05) is 6.92 Å². The number of fused-ring (bicyclic) bond motifs is 1. The van der Waals surface area contributed by atoms with Crippen molar-refractivity contribution >= 4 is 28.4 Å². The Balaban J connectivity index is 1.68. The summed E-state index contributed by atoms with van der Waals surface area (Å²) in [4.78, 5) is 12.5. The minimum atomic E-state index is 0.284. The lowest BCUT2D eigenvalue weighted by molar-refractivity contribution is 1.01. The molecule has 0 bridgehead atoms. The van der Waals surface area contributed by atoms with Gasteiger partial charge in [0.25, 0.3) is 0 Å². The molecule has 0 atom stereocenters. The van der Waals surface area contributed by atoms with Crippen molar-refractivity contribution in [2.45, 2.75) is 13.3 Å². The van der Waals surface area contributed by atoms with E-state index in [1.54, 1.807) is 12.4 Å². The Morgan fingerprint density at radius 1 is 1.04 bits per heavy atom. The van der Waals surface area contributed by atoms with E-state index in [9.17, 15) is 0 Å². The van der Waals surface area contributed by atoms with E-state index < -0.39 is 0 Å². The van der Waals surface area contributed by atoms with Crippen LogP contribution in [-0.4, -0.2) is 19.5 Å². The number of rotatable bonds is 4. The highest BCUT2D eigenvalue weighted by Crippen LogP contribution is 2.25. The van der Waals surface area contributed by atoms with Crippen LogP contribution in [0.5, 0.6) is 0 Å². The normalized spacial score (nSPS) is 10.9. The topological polar surface area (TPSA) is 81.7 Å². The van der Waals surface area contributed by atoms with Gasteiger partial charge >= 0.3 is 0 Å². The average Bonchev–Trinajstić information content (AvgIpc) is 3.05. The molecule has 0 aliphatic rings. The van der Waals surface area contributed by atoms with E-state index in [0.29, 0.717) is 5.82 Å². The molecule has 0 fully saturated rings. The molecule has 0 saturated heterocycles. The number of aromatic nitrogens is 4. The number of anilines is 3. The summed E-state index contributed by atoms with van der Waals surface area (Å²) in [6.07, 6.45) is 6.46. The predicted octanol–water partition coefficient (Wildman–Crippen LogP) is 3.70. The molecule has 25 heavy (non-hydrogen) atoms. The molecule has 0 amide bonds. The number of nitrogen functional groups attached to an aromatic ring is 1. The first-order valence-electron chi connectivity index (χ1n) is 8.15. The summed E-state index contributed by atoms with van der Waals surface area (Å²) in [6.45, 7) is 2.04. The van der Waals surface area contributed by atoms with E-state index in [1.165, 1.54) is 0 Å². The van der Waals surface area contributed by atoms with Crippen molar-refractivity contribution in [1.29, 1.82) is 0 Å². The van der Waals surface area contributed by atoms with Gasteiger partial charge in [0.05, 0.1) is 5.52 Å². The molecule has 0 radical (unpaired) electrons. The Morgan fingerprint density at radius 2 is 1.88 bits per heavy atom. The van der Waals surface area contributed by atoms with Crippen LogP contribution in [0.3, 0.4) is 0 Å². The quantitative estimate of drug-likeness (QED) is 0.596. The van der Waals surface area contributed by atoms with E-state index in [4.69, 9.17) is 5.73 Å². The van der Waals surface area contributed by atoms with E-state index in [2.05, 4.69) is 49.2 Å². The standard InChI is InChI=1S/C19H18N6/c1-2-14-12-18(24-19(20)23-14)22-15-3-4-17-13(11-15)7-10-25(17)16-5-8-21-9-6-16/h3-12H,2H2,1H3,(H3,20,22,23,24). The second-order valence-electron chi connectivity index (χ2n) is 5.75. The molecular weight excluding hydrogens is 312 g/mol. The Bertz CT molecular complexity index is 1020. The second-order valence-corrected chi connectivity index (χ2v) is 5.75. The maximum atomic E-state index is 5.78. The molecule has 4 rings (SSSR count). The van der Waals surface area contributed by atoms with Gasteiger partial charge in [-0.15, -0.1) is 0 Å². The van der Waals surface area contributed by atoms with Crippen molar-refractivity contribution in [2.75, 3.05) is 11.1 Å². The van der Waals surface area contributed by atoms with Crippen LogP contribution in [0.25, 0.3) is 16.6 Å². The van der Waals surface area contributed by atoms with Crippen molar-refractivity contribution < 1.29 is 0 Å². The highest BCUT2D eigenvalue weighted by Gasteiger charge is 2.06. The number of hydrogen-bond donors (Lipinski definition) is 2. The molecule has 0 aliphatic heterocycles. The summed E-state index contributed by atoms with van der Waals surface area (Å²) in [5, 5.41) is 4.45. The second kappa shape index (κ2) is 6.24. The molecule has 124 valence electrons. The van der Waals surface area contributed by atoms with Gasteiger partial charge in [0.2, 0.25) is 5.95 Å². The summed E-state index contributed by atoms with van der Waals surface area (Å²) in [6, 6.07) is 14.2. The van der Waals surface area contributed by atoms with Crippen LogP contribution in [0.2, 0.25) is 0 Å². The van der Waals surface area contributed by atoms with E-state index >= 15 is 0 Å². The lowest BCUT2D eigenvalue weighted by Gasteiger charge is -2.09. The van der Waals surface area contributed by atoms with Crippen molar-refractivity contribution in [3.05, 3.63) is 66.7 Å². The number of benzene rings is 1. The monoisotopic (exact) mass is 330 g/mol. The average molecular weight is 330 g/mol. The van der Waals surface area contributed by atoms with Gasteiger partial charge in [-0.3, -0.25) is 4.98 Å². The maximum absolute atomic E-state index is 5.78. The molecule has 1 aromatic carbocycles. The first kappa shape index (κ1) is 15.1. The van der Waals surface area contributed by atoms with Crippen LogP contribution in [0.4, 0.5) is 17.5 Å². The first-order chi connectivity index (χ1) is 12.2. The third kappa shape index (κ3) is 3.01. The molecule has 0 unspecified atom stereocenters. The molecule has 3 heterocycles. The molecule has 0 spiro atoms. The molecule has 3 aromatic heterocycles. The molecule has 6 nitrogen and oxygen atoms in total. The van der Waals surface area contributed by atoms with Gasteiger partial charge in [0.15, 0.2) is 0 Å². The fourth-order valence-electron chi connectivity index (χ4n) is 2.86. The van der Waals surface area contributed by atoms with E-state index in [1.807, 2.05) is 31.2 Å². The third-order valence-electron chi connectivity index (χ3n) is 4.06. The SMILES string of the molecule is CCc1cc(Nc2ccc3c(ccn3-c3ccncc3)c2)nc(N)n1. The van der Waals surface area contributed by atoms with Crippen LogP contribution in [0.15, 0.2) is 61.1 Å². The molecule has 0 saturated carbocycles. The zero-order chi connectivity index (χ0) is 17.2. The molecular formula is C19H18N6. The van der Waals surface area contributed by atoms with Gasteiger partial charge in [0.1, 0.15) is 5.82 Å². The van der Waals surface area contributed by atoms with Gasteiger partial charge in [-0.2, -0.15) is 4.98 Å². The van der Waals surface area contributed by atoms with Crippen molar-refractivity contribution in [3.63, 3.8) is 0 Å². The Labute approximate surface area is 145 Å². The third-order valence-corrected chi connectivity index (χ3v) is 4.06. The first-order valence-corrected chi connectivity index (χ1v) is 8.15. The van der Waals surface area contributed by atoms with Gasteiger partial charge in [0, 0.05) is 47.1 Å². The number of nitrogens with two attached hydrogens (primary N) is 1. The van der Waals surface area contributed by atoms with Crippen LogP contribution in [-0.2, 0) is 6.42 Å². The maximum Gasteiger partial charge on any atom is 0.222 e. The number of aryl methyl sites for hydroxylation is 1. The number of nitrogens with one attached hydrogen (secondary N) is 1. The predicted molar refractivity (Wildman–Crippen MR) is 100 cm³/mol. The minimum absolute atomic E-state index is 0.284. The number of pyridine rings is 1. The molecule has 6 heteroatoms. The summed E-state index contributed by atoms with van der Waals surface area (Å²) in [7, 11) is 0. The summed E-state index contributed by atoms with van der Waals surface area (Å²) in [5.41, 5.74) is 9.87. The highest BCUT2D eigenvalue weighted by atomic mass is 15.1. The highest BCUT2D eigenvalue weighted by molar-refractivity contribution is 5.86. The molecule has 4 aromatic rings. The van der Waals surface area contributed by atoms with Crippen molar-refractivity contribution in [1.82, 2.24) is 19.5 Å².